The summed E-state index contributed by atoms with van der Waals surface area (Å²) in [4.78, 5) is 14.6. The van der Waals surface area contributed by atoms with Crippen LogP contribution in [0.4, 0.5) is 5.69 Å². The number of anilines is 1. The first-order chi connectivity index (χ1) is 7.16. The number of carbonyl (C=O) groups is 1. The van der Waals surface area contributed by atoms with Crippen LogP contribution in [0.3, 0.4) is 0 Å². The van der Waals surface area contributed by atoms with E-state index >= 15 is 0 Å². The van der Waals surface area contributed by atoms with E-state index in [1.807, 2.05) is 0 Å². The Labute approximate surface area is 85.0 Å². The third kappa shape index (κ3) is 1.78. The Hall–Kier alpha value is -2.37. The summed E-state index contributed by atoms with van der Waals surface area (Å²) in [5.74, 6) is -0.492. The van der Waals surface area contributed by atoms with Gasteiger partial charge in [0, 0.05) is 6.20 Å². The molecule has 0 unspecified atom stereocenters. The molecule has 6 heteroatoms. The van der Waals surface area contributed by atoms with Crippen LogP contribution in [0.1, 0.15) is 10.4 Å². The quantitative estimate of drug-likeness (QED) is 0.744. The fourth-order valence-corrected chi connectivity index (χ4v) is 1.09. The monoisotopic (exact) mass is 204 g/mol. The van der Waals surface area contributed by atoms with Crippen molar-refractivity contribution >= 4 is 11.7 Å². The lowest BCUT2D eigenvalue weighted by Crippen LogP contribution is -1.99. The van der Waals surface area contributed by atoms with Crippen molar-refractivity contribution in [3.63, 3.8) is 0 Å². The van der Waals surface area contributed by atoms with Gasteiger partial charge in [-0.25, -0.2) is 14.5 Å². The standard InChI is InChI=1S/C9H8N4O2/c10-7-1-2-8(11-4-7)13-5-6(3-12-13)9(14)15/h1-5H,10H2,(H,14,15). The number of nitrogen functional groups attached to an aromatic ring is 1. The Balaban J connectivity index is 2.37. The van der Waals surface area contributed by atoms with Gasteiger partial charge in [-0.05, 0) is 12.1 Å². The summed E-state index contributed by atoms with van der Waals surface area (Å²) in [6.45, 7) is 0. The van der Waals surface area contributed by atoms with E-state index in [2.05, 4.69) is 10.1 Å². The first-order valence-electron chi connectivity index (χ1n) is 4.16. The summed E-state index contributed by atoms with van der Waals surface area (Å²) < 4.78 is 1.38. The molecule has 0 spiro atoms. The molecule has 76 valence electrons. The number of hydrogen-bond donors (Lipinski definition) is 2. The molecule has 2 aromatic rings. The number of nitrogens with two attached hydrogens (primary N) is 1. The Morgan fingerprint density at radius 1 is 1.40 bits per heavy atom. The van der Waals surface area contributed by atoms with Gasteiger partial charge in [0.1, 0.15) is 0 Å². The lowest BCUT2D eigenvalue weighted by molar-refractivity contribution is 0.0697. The second-order valence-electron chi connectivity index (χ2n) is 2.93. The number of nitrogens with zero attached hydrogens (tertiary/aromatic N) is 3. The molecule has 0 saturated heterocycles. The van der Waals surface area contributed by atoms with E-state index in [4.69, 9.17) is 10.8 Å². The van der Waals surface area contributed by atoms with Crippen LogP contribution in [0, 0.1) is 0 Å². The molecular formula is C9H8N4O2. The third-order valence-corrected chi connectivity index (χ3v) is 1.84. The molecule has 3 N–H and O–H groups in total. The van der Waals surface area contributed by atoms with Gasteiger partial charge in [0.05, 0.1) is 23.6 Å². The van der Waals surface area contributed by atoms with Gasteiger partial charge in [0.2, 0.25) is 0 Å². The molecule has 6 nitrogen and oxygen atoms in total. The second-order valence-corrected chi connectivity index (χ2v) is 2.93. The van der Waals surface area contributed by atoms with Gasteiger partial charge in [-0.15, -0.1) is 0 Å². The summed E-state index contributed by atoms with van der Waals surface area (Å²) in [7, 11) is 0. The van der Waals surface area contributed by atoms with Crippen LogP contribution >= 0.6 is 0 Å². The minimum Gasteiger partial charge on any atom is -0.478 e. The number of aromatic carboxylic acids is 1. The molecule has 0 radical (unpaired) electrons. The molecular weight excluding hydrogens is 196 g/mol. The van der Waals surface area contributed by atoms with Crippen LogP contribution in [0.25, 0.3) is 5.82 Å². The van der Waals surface area contributed by atoms with Crippen molar-refractivity contribution in [3.05, 3.63) is 36.3 Å². The topological polar surface area (TPSA) is 94.0 Å². The SMILES string of the molecule is Nc1ccc(-n2cc(C(=O)O)cn2)nc1. The molecule has 15 heavy (non-hydrogen) atoms. The van der Waals surface area contributed by atoms with E-state index in [0.717, 1.165) is 0 Å². The molecule has 2 aromatic heterocycles. The maximum absolute atomic E-state index is 10.6. The number of rotatable bonds is 2. The van der Waals surface area contributed by atoms with Crippen LogP contribution in [-0.4, -0.2) is 25.8 Å². The van der Waals surface area contributed by atoms with Gasteiger partial charge < -0.3 is 10.8 Å². The van der Waals surface area contributed by atoms with Crippen molar-refractivity contribution in [3.8, 4) is 5.82 Å². The van der Waals surface area contributed by atoms with Crippen molar-refractivity contribution in [2.75, 3.05) is 5.73 Å². The Morgan fingerprint density at radius 3 is 2.73 bits per heavy atom. The van der Waals surface area contributed by atoms with Gasteiger partial charge in [0.15, 0.2) is 5.82 Å². The normalized spacial score (nSPS) is 10.1. The molecule has 0 fully saturated rings. The maximum atomic E-state index is 10.6. The molecule has 0 amide bonds. The predicted molar refractivity (Wildman–Crippen MR) is 52.7 cm³/mol. The predicted octanol–water partition coefficient (Wildman–Crippen LogP) is 0.548. The molecule has 0 aliphatic rings. The van der Waals surface area contributed by atoms with Crippen LogP contribution in [0.5, 0.6) is 0 Å². The fourth-order valence-electron chi connectivity index (χ4n) is 1.09. The highest BCUT2D eigenvalue weighted by molar-refractivity contribution is 5.86. The Morgan fingerprint density at radius 2 is 2.20 bits per heavy atom. The van der Waals surface area contributed by atoms with Crippen molar-refractivity contribution in [1.82, 2.24) is 14.8 Å². The summed E-state index contributed by atoms with van der Waals surface area (Å²) in [6.07, 6.45) is 4.14. The molecule has 0 aliphatic heterocycles. The fraction of sp³-hybridized carbons (Fsp3) is 0. The van der Waals surface area contributed by atoms with Gasteiger partial charge in [-0.2, -0.15) is 5.10 Å². The summed E-state index contributed by atoms with van der Waals surface area (Å²) >= 11 is 0. The average Bonchev–Trinajstić information content (AvgIpc) is 2.68. The highest BCUT2D eigenvalue weighted by Gasteiger charge is 2.07. The van der Waals surface area contributed by atoms with E-state index in [9.17, 15) is 4.79 Å². The van der Waals surface area contributed by atoms with E-state index < -0.39 is 5.97 Å². The number of carboxylic acids is 1. The second kappa shape index (κ2) is 3.41. The van der Waals surface area contributed by atoms with Gasteiger partial charge in [0.25, 0.3) is 0 Å². The smallest absolute Gasteiger partial charge is 0.338 e. The highest BCUT2D eigenvalue weighted by atomic mass is 16.4. The minimum atomic E-state index is -1.02. The third-order valence-electron chi connectivity index (χ3n) is 1.84. The molecule has 2 heterocycles. The van der Waals surface area contributed by atoms with Gasteiger partial charge >= 0.3 is 5.97 Å². The van der Waals surface area contributed by atoms with Crippen LogP contribution < -0.4 is 5.73 Å². The lowest BCUT2D eigenvalue weighted by atomic mass is 10.4. The van der Waals surface area contributed by atoms with E-state index in [1.54, 1.807) is 12.1 Å². The van der Waals surface area contributed by atoms with Crippen LogP contribution in [-0.2, 0) is 0 Å². The summed E-state index contributed by atoms with van der Waals surface area (Å²) in [5, 5.41) is 12.6. The molecule has 0 saturated carbocycles. The summed E-state index contributed by atoms with van der Waals surface area (Å²) in [6, 6.07) is 3.33. The van der Waals surface area contributed by atoms with Crippen LogP contribution in [0.2, 0.25) is 0 Å². The van der Waals surface area contributed by atoms with E-state index in [1.165, 1.54) is 23.3 Å². The molecule has 0 aromatic carbocycles. The average molecular weight is 204 g/mol. The molecule has 0 atom stereocenters. The van der Waals surface area contributed by atoms with Crippen molar-refractivity contribution in [1.29, 1.82) is 0 Å². The van der Waals surface area contributed by atoms with Crippen LogP contribution in [0.15, 0.2) is 30.7 Å². The number of carboxylic acid groups (broad SMARTS) is 1. The zero-order valence-electron chi connectivity index (χ0n) is 7.66. The largest absolute Gasteiger partial charge is 0.478 e. The maximum Gasteiger partial charge on any atom is 0.338 e. The van der Waals surface area contributed by atoms with Crippen molar-refractivity contribution in [2.24, 2.45) is 0 Å². The van der Waals surface area contributed by atoms with Crippen molar-refractivity contribution < 1.29 is 9.90 Å². The van der Waals surface area contributed by atoms with Crippen molar-refractivity contribution in [2.45, 2.75) is 0 Å². The zero-order chi connectivity index (χ0) is 10.8. The van der Waals surface area contributed by atoms with Gasteiger partial charge in [-0.1, -0.05) is 0 Å². The first-order valence-corrected chi connectivity index (χ1v) is 4.16. The molecule has 0 aliphatic carbocycles. The molecule has 0 bridgehead atoms. The highest BCUT2D eigenvalue weighted by Crippen LogP contribution is 2.07. The number of hydrogen-bond acceptors (Lipinski definition) is 4. The molecule has 2 rings (SSSR count). The lowest BCUT2D eigenvalue weighted by Gasteiger charge is -1.99. The number of pyridine rings is 1. The zero-order valence-corrected chi connectivity index (χ0v) is 7.66. The van der Waals surface area contributed by atoms with E-state index in [-0.39, 0.29) is 5.56 Å². The number of aromatic nitrogens is 3. The first kappa shape index (κ1) is 9.20. The van der Waals surface area contributed by atoms with Gasteiger partial charge in [-0.3, -0.25) is 0 Å². The Bertz CT molecular complexity index is 489. The Kier molecular flexibility index (Phi) is 2.09. The minimum absolute atomic E-state index is 0.119. The van der Waals surface area contributed by atoms with E-state index in [0.29, 0.717) is 11.5 Å². The summed E-state index contributed by atoms with van der Waals surface area (Å²) in [5.41, 5.74) is 6.14.